The smallest absolute Gasteiger partial charge is 0.239 e. The summed E-state index contributed by atoms with van der Waals surface area (Å²) in [6, 6.07) is 22.2. The fourth-order valence-corrected chi connectivity index (χ4v) is 4.89. The Bertz CT molecular complexity index is 1100. The minimum atomic E-state index is -0.490. The number of amides is 1. The molecule has 0 saturated heterocycles. The second kappa shape index (κ2) is 10.1. The maximum Gasteiger partial charge on any atom is 0.239 e. The van der Waals surface area contributed by atoms with Crippen molar-refractivity contribution in [1.82, 2.24) is 4.90 Å². The summed E-state index contributed by atoms with van der Waals surface area (Å²) in [6.45, 7) is 2.84. The number of ether oxygens (including phenoxy) is 2. The maximum absolute atomic E-state index is 12.7. The van der Waals surface area contributed by atoms with E-state index in [4.69, 9.17) is 15.2 Å². The first-order chi connectivity index (χ1) is 16.0. The molecule has 5 nitrogen and oxygen atoms in total. The summed E-state index contributed by atoms with van der Waals surface area (Å²) in [4.78, 5) is 15.0. The monoisotopic (exact) mass is 444 g/mol. The van der Waals surface area contributed by atoms with Gasteiger partial charge in [-0.2, -0.15) is 0 Å². The molecule has 3 aromatic carbocycles. The highest BCUT2D eigenvalue weighted by Crippen LogP contribution is 2.43. The van der Waals surface area contributed by atoms with Crippen molar-refractivity contribution in [3.8, 4) is 11.5 Å². The predicted molar refractivity (Wildman–Crippen MR) is 131 cm³/mol. The number of benzene rings is 3. The minimum Gasteiger partial charge on any atom is -0.493 e. The number of carbonyl (C=O) groups is 1. The number of carbonyl (C=O) groups excluding carboxylic acids is 1. The lowest BCUT2D eigenvalue weighted by molar-refractivity contribution is -0.124. The van der Waals surface area contributed by atoms with Gasteiger partial charge in [0.15, 0.2) is 11.5 Å². The third-order valence-corrected chi connectivity index (χ3v) is 6.59. The molecule has 2 atom stereocenters. The normalized spacial score (nSPS) is 16.6. The number of hydrogen-bond donors (Lipinski definition) is 1. The first-order valence-electron chi connectivity index (χ1n) is 11.4. The SMILES string of the molecule is COc1cc2c(cc1OC)C(CCc1ccc(C)cc1)N(C(C(N)=O)c1ccccc1)CC2. The molecule has 1 aliphatic heterocycles. The van der Waals surface area contributed by atoms with E-state index in [9.17, 15) is 4.79 Å². The van der Waals surface area contributed by atoms with Crippen LogP contribution in [0.3, 0.4) is 0 Å². The number of nitrogens with two attached hydrogens (primary N) is 1. The van der Waals surface area contributed by atoms with Gasteiger partial charge in [-0.15, -0.1) is 0 Å². The number of primary amides is 1. The first-order valence-corrected chi connectivity index (χ1v) is 11.4. The van der Waals surface area contributed by atoms with Crippen molar-refractivity contribution < 1.29 is 14.3 Å². The zero-order chi connectivity index (χ0) is 23.4. The van der Waals surface area contributed by atoms with E-state index in [1.54, 1.807) is 14.2 Å². The van der Waals surface area contributed by atoms with Crippen molar-refractivity contribution in [3.05, 3.63) is 94.5 Å². The molecular formula is C28H32N2O3. The minimum absolute atomic E-state index is 0.0209. The van der Waals surface area contributed by atoms with E-state index in [0.29, 0.717) is 5.75 Å². The van der Waals surface area contributed by atoms with Gasteiger partial charge in [-0.3, -0.25) is 9.69 Å². The molecule has 0 fully saturated rings. The topological polar surface area (TPSA) is 64.8 Å². The van der Waals surface area contributed by atoms with Crippen LogP contribution in [-0.4, -0.2) is 31.6 Å². The summed E-state index contributed by atoms with van der Waals surface area (Å²) >= 11 is 0. The maximum atomic E-state index is 12.7. The van der Waals surface area contributed by atoms with Gasteiger partial charge in [-0.25, -0.2) is 0 Å². The molecule has 0 bridgehead atoms. The Kier molecular flexibility index (Phi) is 6.99. The molecule has 33 heavy (non-hydrogen) atoms. The Hall–Kier alpha value is -3.31. The molecule has 4 rings (SSSR count). The predicted octanol–water partition coefficient (Wildman–Crippen LogP) is 4.77. The molecule has 0 spiro atoms. The van der Waals surface area contributed by atoms with Crippen LogP contribution in [0.1, 0.15) is 46.3 Å². The van der Waals surface area contributed by atoms with Gasteiger partial charge in [0.1, 0.15) is 6.04 Å². The Morgan fingerprint density at radius 3 is 2.33 bits per heavy atom. The Labute approximate surface area is 196 Å². The summed E-state index contributed by atoms with van der Waals surface area (Å²) in [6.07, 6.45) is 2.57. The van der Waals surface area contributed by atoms with Crippen LogP contribution in [0.25, 0.3) is 0 Å². The number of aryl methyl sites for hydroxylation is 2. The average Bonchev–Trinajstić information content (AvgIpc) is 2.84. The largest absolute Gasteiger partial charge is 0.493 e. The van der Waals surface area contributed by atoms with Gasteiger partial charge in [0.25, 0.3) is 0 Å². The standard InChI is InChI=1S/C28H32N2O3/c1-19-9-11-20(12-10-19)13-14-24-23-18-26(33-3)25(32-2)17-22(23)15-16-30(24)27(28(29)31)21-7-5-4-6-8-21/h4-12,17-18,24,27H,13-16H2,1-3H3,(H2,29,31). The van der Waals surface area contributed by atoms with Gasteiger partial charge in [0, 0.05) is 12.6 Å². The van der Waals surface area contributed by atoms with E-state index in [1.807, 2.05) is 30.3 Å². The van der Waals surface area contributed by atoms with E-state index in [-0.39, 0.29) is 11.9 Å². The van der Waals surface area contributed by atoms with Crippen LogP contribution in [0.15, 0.2) is 66.7 Å². The molecule has 0 aromatic heterocycles. The third kappa shape index (κ3) is 4.88. The highest BCUT2D eigenvalue weighted by Gasteiger charge is 2.36. The second-order valence-corrected chi connectivity index (χ2v) is 8.65. The zero-order valence-electron chi connectivity index (χ0n) is 19.6. The summed E-state index contributed by atoms with van der Waals surface area (Å²) in [7, 11) is 3.31. The van der Waals surface area contributed by atoms with Gasteiger partial charge in [-0.05, 0) is 60.6 Å². The van der Waals surface area contributed by atoms with Crippen LogP contribution < -0.4 is 15.2 Å². The molecule has 1 heterocycles. The number of hydrogen-bond acceptors (Lipinski definition) is 4. The average molecular weight is 445 g/mol. The van der Waals surface area contributed by atoms with Crippen LogP contribution in [0.2, 0.25) is 0 Å². The summed E-state index contributed by atoms with van der Waals surface area (Å²) < 4.78 is 11.2. The van der Waals surface area contributed by atoms with Crippen LogP contribution in [-0.2, 0) is 17.6 Å². The fourth-order valence-electron chi connectivity index (χ4n) is 4.89. The highest BCUT2D eigenvalue weighted by atomic mass is 16.5. The van der Waals surface area contributed by atoms with Gasteiger partial charge in [0.05, 0.1) is 14.2 Å². The summed E-state index contributed by atoms with van der Waals surface area (Å²) in [5.74, 6) is 1.11. The van der Waals surface area contributed by atoms with Crippen molar-refractivity contribution in [2.45, 2.75) is 38.3 Å². The molecule has 1 aliphatic rings. The number of rotatable bonds is 8. The third-order valence-electron chi connectivity index (χ3n) is 6.59. The molecule has 0 radical (unpaired) electrons. The number of methoxy groups -OCH3 is 2. The summed E-state index contributed by atoms with van der Waals surface area (Å²) in [5, 5.41) is 0. The molecule has 172 valence electrons. The van der Waals surface area contributed by atoms with E-state index in [1.165, 1.54) is 22.3 Å². The Morgan fingerprint density at radius 2 is 1.70 bits per heavy atom. The molecule has 2 N–H and O–H groups in total. The molecule has 5 heteroatoms. The van der Waals surface area contributed by atoms with E-state index in [0.717, 1.165) is 37.1 Å². The molecule has 3 aromatic rings. The lowest BCUT2D eigenvalue weighted by atomic mass is 9.86. The molecule has 1 amide bonds. The van der Waals surface area contributed by atoms with E-state index >= 15 is 0 Å². The Balaban J connectivity index is 1.75. The number of fused-ring (bicyclic) bond motifs is 1. The number of nitrogens with zero attached hydrogens (tertiary/aromatic N) is 1. The van der Waals surface area contributed by atoms with Crippen LogP contribution in [0, 0.1) is 6.92 Å². The Morgan fingerprint density at radius 1 is 1.03 bits per heavy atom. The quantitative estimate of drug-likeness (QED) is 0.544. The van der Waals surface area contributed by atoms with E-state index in [2.05, 4.69) is 48.2 Å². The van der Waals surface area contributed by atoms with Crippen LogP contribution >= 0.6 is 0 Å². The van der Waals surface area contributed by atoms with Crippen molar-refractivity contribution in [2.75, 3.05) is 20.8 Å². The van der Waals surface area contributed by atoms with E-state index < -0.39 is 6.04 Å². The lowest BCUT2D eigenvalue weighted by Crippen LogP contribution is -2.44. The first kappa shape index (κ1) is 22.9. The second-order valence-electron chi connectivity index (χ2n) is 8.65. The van der Waals surface area contributed by atoms with Crippen molar-refractivity contribution in [1.29, 1.82) is 0 Å². The molecule has 0 aliphatic carbocycles. The van der Waals surface area contributed by atoms with Crippen molar-refractivity contribution >= 4 is 5.91 Å². The molecule has 2 unspecified atom stereocenters. The van der Waals surface area contributed by atoms with Gasteiger partial charge in [0.2, 0.25) is 5.91 Å². The lowest BCUT2D eigenvalue weighted by Gasteiger charge is -2.41. The van der Waals surface area contributed by atoms with Gasteiger partial charge < -0.3 is 15.2 Å². The molecule has 0 saturated carbocycles. The fraction of sp³-hybridized carbons (Fsp3) is 0.321. The highest BCUT2D eigenvalue weighted by molar-refractivity contribution is 5.81. The van der Waals surface area contributed by atoms with Crippen molar-refractivity contribution in [2.24, 2.45) is 5.73 Å². The summed E-state index contributed by atoms with van der Waals surface area (Å²) in [5.41, 5.74) is 11.8. The van der Waals surface area contributed by atoms with Crippen molar-refractivity contribution in [3.63, 3.8) is 0 Å². The zero-order valence-corrected chi connectivity index (χ0v) is 19.6. The van der Waals surface area contributed by atoms with Crippen LogP contribution in [0.5, 0.6) is 11.5 Å². The molecular weight excluding hydrogens is 412 g/mol. The van der Waals surface area contributed by atoms with Crippen LogP contribution in [0.4, 0.5) is 0 Å². The van der Waals surface area contributed by atoms with Gasteiger partial charge >= 0.3 is 0 Å². The van der Waals surface area contributed by atoms with Gasteiger partial charge in [-0.1, -0.05) is 60.2 Å².